The summed E-state index contributed by atoms with van der Waals surface area (Å²) >= 11 is 0. The van der Waals surface area contributed by atoms with Gasteiger partial charge in [0.15, 0.2) is 0 Å². The van der Waals surface area contributed by atoms with Crippen molar-refractivity contribution in [2.45, 2.75) is 6.42 Å². The molecule has 0 spiro atoms. The van der Waals surface area contributed by atoms with Crippen LogP contribution < -0.4 is 10.2 Å². The van der Waals surface area contributed by atoms with Crippen molar-refractivity contribution in [2.24, 2.45) is 0 Å². The molecule has 0 radical (unpaired) electrons. The fourth-order valence-electron chi connectivity index (χ4n) is 1.59. The van der Waals surface area contributed by atoms with Gasteiger partial charge in [0.2, 0.25) is 0 Å². The summed E-state index contributed by atoms with van der Waals surface area (Å²) in [5.74, 6) is 2.32. The van der Waals surface area contributed by atoms with Crippen molar-refractivity contribution in [2.75, 3.05) is 30.4 Å². The minimum atomic E-state index is 0.165. The average Bonchev–Trinajstić information content (AvgIpc) is 2.48. The molecule has 0 aliphatic carbocycles. The van der Waals surface area contributed by atoms with Crippen molar-refractivity contribution < 1.29 is 5.11 Å². The van der Waals surface area contributed by atoms with Gasteiger partial charge in [-0.15, -0.1) is 0 Å². The molecule has 0 atom stereocenters. The first-order chi connectivity index (χ1) is 9.31. The van der Waals surface area contributed by atoms with Gasteiger partial charge in [-0.2, -0.15) is 0 Å². The van der Waals surface area contributed by atoms with Crippen molar-refractivity contribution >= 4 is 17.5 Å². The van der Waals surface area contributed by atoms with E-state index in [2.05, 4.69) is 20.3 Å². The van der Waals surface area contributed by atoms with E-state index in [1.54, 1.807) is 6.20 Å². The van der Waals surface area contributed by atoms with Crippen molar-refractivity contribution in [1.29, 1.82) is 0 Å². The molecule has 0 fully saturated rings. The third-order valence-electron chi connectivity index (χ3n) is 2.63. The largest absolute Gasteiger partial charge is 0.396 e. The molecular weight excluding hydrogens is 242 g/mol. The molecule has 0 saturated heterocycles. The lowest BCUT2D eigenvalue weighted by atomic mass is 10.4. The van der Waals surface area contributed by atoms with Crippen molar-refractivity contribution in [3.8, 4) is 0 Å². The molecule has 2 aromatic heterocycles. The number of anilines is 3. The molecule has 19 heavy (non-hydrogen) atoms. The number of hydrogen-bond donors (Lipinski definition) is 2. The fourth-order valence-corrected chi connectivity index (χ4v) is 1.59. The molecule has 2 N–H and O–H groups in total. The molecule has 2 heterocycles. The predicted molar refractivity (Wildman–Crippen MR) is 74.5 cm³/mol. The van der Waals surface area contributed by atoms with E-state index in [1.807, 2.05) is 36.2 Å². The van der Waals surface area contributed by atoms with Crippen LogP contribution in [-0.4, -0.2) is 40.3 Å². The first kappa shape index (κ1) is 13.2. The van der Waals surface area contributed by atoms with Crippen LogP contribution in [-0.2, 0) is 0 Å². The summed E-state index contributed by atoms with van der Waals surface area (Å²) in [7, 11) is 1.90. The molecule has 100 valence electrons. The van der Waals surface area contributed by atoms with Crippen LogP contribution >= 0.6 is 0 Å². The van der Waals surface area contributed by atoms with Gasteiger partial charge in [-0.05, 0) is 18.6 Å². The Morgan fingerprint density at radius 3 is 2.84 bits per heavy atom. The Morgan fingerprint density at radius 1 is 1.21 bits per heavy atom. The summed E-state index contributed by atoms with van der Waals surface area (Å²) < 4.78 is 0. The molecule has 6 heteroatoms. The monoisotopic (exact) mass is 259 g/mol. The van der Waals surface area contributed by atoms with Crippen LogP contribution in [0.4, 0.5) is 17.5 Å². The van der Waals surface area contributed by atoms with Gasteiger partial charge >= 0.3 is 0 Å². The number of aliphatic hydroxyl groups is 1. The van der Waals surface area contributed by atoms with Crippen LogP contribution in [0.5, 0.6) is 0 Å². The molecule has 2 aromatic rings. The molecule has 0 aliphatic heterocycles. The summed E-state index contributed by atoms with van der Waals surface area (Å²) in [6.07, 6.45) is 3.94. The average molecular weight is 259 g/mol. The zero-order chi connectivity index (χ0) is 13.5. The number of aliphatic hydroxyl groups excluding tert-OH is 1. The first-order valence-corrected chi connectivity index (χ1v) is 6.13. The smallest absolute Gasteiger partial charge is 0.139 e. The number of hydrogen-bond acceptors (Lipinski definition) is 6. The van der Waals surface area contributed by atoms with E-state index in [0.717, 1.165) is 17.5 Å². The van der Waals surface area contributed by atoms with E-state index in [0.29, 0.717) is 13.0 Å². The Balaban J connectivity index is 2.10. The van der Waals surface area contributed by atoms with Gasteiger partial charge in [-0.1, -0.05) is 6.07 Å². The lowest BCUT2D eigenvalue weighted by molar-refractivity contribution is 0.292. The number of aromatic nitrogens is 3. The van der Waals surface area contributed by atoms with Gasteiger partial charge < -0.3 is 15.3 Å². The second-order valence-electron chi connectivity index (χ2n) is 4.01. The molecule has 0 aromatic carbocycles. The van der Waals surface area contributed by atoms with Gasteiger partial charge in [-0.3, -0.25) is 0 Å². The Hall–Kier alpha value is -2.21. The molecule has 0 saturated carbocycles. The lowest BCUT2D eigenvalue weighted by Crippen LogP contribution is -2.13. The van der Waals surface area contributed by atoms with E-state index in [4.69, 9.17) is 5.11 Å². The van der Waals surface area contributed by atoms with Gasteiger partial charge in [-0.25, -0.2) is 15.0 Å². The maximum absolute atomic E-state index is 8.75. The minimum absolute atomic E-state index is 0.165. The summed E-state index contributed by atoms with van der Waals surface area (Å²) in [6.45, 7) is 0.846. The second kappa shape index (κ2) is 6.65. The van der Waals surface area contributed by atoms with Crippen molar-refractivity contribution in [1.82, 2.24) is 15.0 Å². The van der Waals surface area contributed by atoms with E-state index >= 15 is 0 Å². The van der Waals surface area contributed by atoms with Gasteiger partial charge in [0.05, 0.1) is 0 Å². The molecule has 0 bridgehead atoms. The normalized spacial score (nSPS) is 10.2. The van der Waals surface area contributed by atoms with Crippen molar-refractivity contribution in [3.05, 3.63) is 36.8 Å². The van der Waals surface area contributed by atoms with Crippen LogP contribution in [0.25, 0.3) is 0 Å². The molecule has 0 amide bonds. The molecule has 2 rings (SSSR count). The number of nitrogens with zero attached hydrogens (tertiary/aromatic N) is 4. The quantitative estimate of drug-likeness (QED) is 0.765. The molecule has 0 unspecified atom stereocenters. The van der Waals surface area contributed by atoms with Gasteiger partial charge in [0.25, 0.3) is 0 Å². The highest BCUT2D eigenvalue weighted by atomic mass is 16.3. The van der Waals surface area contributed by atoms with E-state index < -0.39 is 0 Å². The van der Waals surface area contributed by atoms with Crippen LogP contribution in [0.1, 0.15) is 6.42 Å². The summed E-state index contributed by atoms with van der Waals surface area (Å²) in [5, 5.41) is 11.9. The van der Waals surface area contributed by atoms with E-state index in [1.165, 1.54) is 6.33 Å². The zero-order valence-electron chi connectivity index (χ0n) is 10.8. The highest BCUT2D eigenvalue weighted by molar-refractivity contribution is 5.57. The van der Waals surface area contributed by atoms with Crippen LogP contribution in [0.2, 0.25) is 0 Å². The Morgan fingerprint density at radius 2 is 2.11 bits per heavy atom. The zero-order valence-corrected chi connectivity index (χ0v) is 10.8. The van der Waals surface area contributed by atoms with Crippen LogP contribution in [0.15, 0.2) is 36.8 Å². The lowest BCUT2D eigenvalue weighted by Gasteiger charge is -2.17. The Labute approximate surface area is 112 Å². The van der Waals surface area contributed by atoms with Gasteiger partial charge in [0.1, 0.15) is 23.8 Å². The molecule has 0 aliphatic rings. The second-order valence-corrected chi connectivity index (χ2v) is 4.01. The first-order valence-electron chi connectivity index (χ1n) is 6.13. The number of rotatable bonds is 6. The highest BCUT2D eigenvalue weighted by Gasteiger charge is 2.07. The Kier molecular flexibility index (Phi) is 4.63. The summed E-state index contributed by atoms with van der Waals surface area (Å²) in [4.78, 5) is 14.5. The third-order valence-corrected chi connectivity index (χ3v) is 2.63. The number of pyridine rings is 1. The van der Waals surface area contributed by atoms with Crippen molar-refractivity contribution in [3.63, 3.8) is 0 Å². The topological polar surface area (TPSA) is 74.2 Å². The standard InChI is InChI=1S/C13H17N5O/c1-18(12-5-2-3-6-15-12)13-9-11(16-10-17-13)14-7-4-8-19/h2-3,5-6,9-10,19H,4,7-8H2,1H3,(H,14,16,17). The fraction of sp³-hybridized carbons (Fsp3) is 0.308. The SMILES string of the molecule is CN(c1ccccn1)c1cc(NCCCO)ncn1. The Bertz CT molecular complexity index is 505. The van der Waals surface area contributed by atoms with Gasteiger partial charge in [0, 0.05) is 32.5 Å². The number of nitrogens with one attached hydrogen (secondary N) is 1. The highest BCUT2D eigenvalue weighted by Crippen LogP contribution is 2.20. The summed E-state index contributed by atoms with van der Waals surface area (Å²) in [6, 6.07) is 7.58. The maximum atomic E-state index is 8.75. The van der Waals surface area contributed by atoms with E-state index in [9.17, 15) is 0 Å². The molecular formula is C13H17N5O. The predicted octanol–water partition coefficient (Wildman–Crippen LogP) is 1.43. The maximum Gasteiger partial charge on any atom is 0.139 e. The molecule has 6 nitrogen and oxygen atoms in total. The van der Waals surface area contributed by atoms with Crippen LogP contribution in [0.3, 0.4) is 0 Å². The van der Waals surface area contributed by atoms with Crippen LogP contribution in [0, 0.1) is 0 Å². The third kappa shape index (κ3) is 3.62. The van der Waals surface area contributed by atoms with E-state index in [-0.39, 0.29) is 6.61 Å². The summed E-state index contributed by atoms with van der Waals surface area (Å²) in [5.41, 5.74) is 0. The minimum Gasteiger partial charge on any atom is -0.396 e.